The van der Waals surface area contributed by atoms with E-state index in [0.717, 1.165) is 12.8 Å². The minimum atomic E-state index is -2.51. The van der Waals surface area contributed by atoms with Crippen LogP contribution in [-0.2, 0) is 4.79 Å². The topological polar surface area (TPSA) is 29.1 Å². The fourth-order valence-electron chi connectivity index (χ4n) is 1.96. The Hall–Kier alpha value is -0.530. The van der Waals surface area contributed by atoms with Crippen LogP contribution in [0.2, 0.25) is 0 Å². The molecule has 0 aliphatic heterocycles. The van der Waals surface area contributed by atoms with Crippen LogP contribution in [0.15, 0.2) is 0 Å². The average Bonchev–Trinajstić information content (AvgIpc) is 2.17. The van der Waals surface area contributed by atoms with Gasteiger partial charge >= 0.3 is 0 Å². The van der Waals surface area contributed by atoms with Gasteiger partial charge in [-0.2, -0.15) is 0 Å². The van der Waals surface area contributed by atoms with E-state index in [9.17, 15) is 4.79 Å². The second-order valence-corrected chi connectivity index (χ2v) is 3.66. The highest BCUT2D eigenvalue weighted by atomic mass is 16.1. The zero-order valence-corrected chi connectivity index (χ0v) is 7.60. The summed E-state index contributed by atoms with van der Waals surface area (Å²) in [6.07, 6.45) is 5.85. The van der Waals surface area contributed by atoms with Crippen molar-refractivity contribution in [2.45, 2.75) is 51.9 Å². The van der Waals surface area contributed by atoms with Crippen molar-refractivity contribution in [3.63, 3.8) is 0 Å². The molecule has 12 heavy (non-hydrogen) atoms. The van der Waals surface area contributed by atoms with Gasteiger partial charge in [0.2, 0.25) is 5.91 Å². The minimum Gasteiger partial charge on any atom is -0.354 e. The maximum absolute atomic E-state index is 11.2. The van der Waals surface area contributed by atoms with Crippen LogP contribution in [0.3, 0.4) is 0 Å². The van der Waals surface area contributed by atoms with Gasteiger partial charge in [-0.05, 0) is 25.7 Å². The Labute approximate surface area is 78.9 Å². The van der Waals surface area contributed by atoms with Crippen molar-refractivity contribution in [2.75, 3.05) is 0 Å². The van der Waals surface area contributed by atoms with Crippen LogP contribution < -0.4 is 5.32 Å². The van der Waals surface area contributed by atoms with E-state index in [-0.39, 0.29) is 6.04 Å². The fourth-order valence-corrected chi connectivity index (χ4v) is 1.96. The van der Waals surface area contributed by atoms with Crippen LogP contribution in [0.1, 0.15) is 50.0 Å². The smallest absolute Gasteiger partial charge is 0.217 e. The number of carbonyl (C=O) groups excluding carboxylic acids is 1. The minimum absolute atomic E-state index is 0.0155. The largest absolute Gasteiger partial charge is 0.354 e. The van der Waals surface area contributed by atoms with Gasteiger partial charge in [0, 0.05) is 17.0 Å². The lowest BCUT2D eigenvalue weighted by Gasteiger charge is -2.27. The van der Waals surface area contributed by atoms with E-state index < -0.39 is 12.8 Å². The van der Waals surface area contributed by atoms with E-state index >= 15 is 0 Å². The molecule has 0 unspecified atom stereocenters. The molecule has 70 valence electrons. The van der Waals surface area contributed by atoms with Crippen molar-refractivity contribution < 1.29 is 8.91 Å². The van der Waals surface area contributed by atoms with Crippen LogP contribution >= 0.6 is 0 Å². The van der Waals surface area contributed by atoms with E-state index in [4.69, 9.17) is 4.11 Å². The van der Waals surface area contributed by atoms with Crippen molar-refractivity contribution in [1.82, 2.24) is 5.32 Å². The number of hydrogen-bond donors (Lipinski definition) is 1. The molecule has 1 rings (SSSR count). The highest BCUT2D eigenvalue weighted by Gasteiger charge is 2.19. The lowest BCUT2D eigenvalue weighted by atomic mass is 9.84. The van der Waals surface area contributed by atoms with E-state index in [1.165, 1.54) is 19.3 Å². The van der Waals surface area contributed by atoms with Gasteiger partial charge in [0.25, 0.3) is 0 Å². The van der Waals surface area contributed by atoms with Crippen molar-refractivity contribution >= 4 is 5.91 Å². The van der Waals surface area contributed by atoms with Crippen molar-refractivity contribution in [3.8, 4) is 0 Å². The normalized spacial score (nSPS) is 26.6. The van der Waals surface area contributed by atoms with Crippen LogP contribution in [0.4, 0.5) is 0 Å². The third-order valence-corrected chi connectivity index (χ3v) is 2.72. The first-order valence-corrected chi connectivity index (χ1v) is 4.72. The zero-order valence-electron chi connectivity index (χ0n) is 10.6. The molecule has 0 saturated heterocycles. The predicted octanol–water partition coefficient (Wildman–Crippen LogP) is 2.09. The quantitative estimate of drug-likeness (QED) is 0.679. The molecule has 0 aromatic rings. The first-order chi connectivity index (χ1) is 6.91. The lowest BCUT2D eigenvalue weighted by molar-refractivity contribution is -0.119. The molecule has 1 aliphatic carbocycles. The maximum atomic E-state index is 11.2. The molecule has 0 radical (unpaired) electrons. The van der Waals surface area contributed by atoms with E-state index in [1.54, 1.807) is 0 Å². The van der Waals surface area contributed by atoms with Gasteiger partial charge in [-0.1, -0.05) is 19.3 Å². The first-order valence-electron chi connectivity index (χ1n) is 6.22. The summed E-state index contributed by atoms with van der Waals surface area (Å²) in [6.45, 7) is -0.609. The van der Waals surface area contributed by atoms with Crippen molar-refractivity contribution in [2.24, 2.45) is 5.92 Å². The number of rotatable bonds is 2. The van der Waals surface area contributed by atoms with Gasteiger partial charge < -0.3 is 5.32 Å². The Morgan fingerprint density at radius 1 is 1.50 bits per heavy atom. The molecular weight excluding hydrogens is 150 g/mol. The summed E-state index contributed by atoms with van der Waals surface area (Å²) >= 11 is 0. The van der Waals surface area contributed by atoms with Gasteiger partial charge in [0.1, 0.15) is 0 Å². The number of nitrogens with one attached hydrogen (secondary N) is 1. The predicted molar refractivity (Wildman–Crippen MR) is 49.9 cm³/mol. The molecule has 1 amide bonds. The summed E-state index contributed by atoms with van der Waals surface area (Å²) < 4.78 is 20.9. The second-order valence-electron chi connectivity index (χ2n) is 3.66. The Bertz CT molecular complexity index is 221. The number of amides is 1. The third-order valence-electron chi connectivity index (χ3n) is 2.72. The van der Waals surface area contributed by atoms with Crippen LogP contribution in [0.25, 0.3) is 0 Å². The molecule has 1 saturated carbocycles. The molecule has 1 aliphatic rings. The molecular formula is C10H19NO. The number of carbonyl (C=O) groups is 1. The van der Waals surface area contributed by atoms with Crippen LogP contribution in [0.5, 0.6) is 0 Å². The van der Waals surface area contributed by atoms with Gasteiger partial charge in [-0.15, -0.1) is 0 Å². The van der Waals surface area contributed by atoms with E-state index in [2.05, 4.69) is 5.32 Å². The average molecular weight is 172 g/mol. The summed E-state index contributed by atoms with van der Waals surface area (Å²) in [6, 6.07) is -0.0155. The Kier molecular flexibility index (Phi) is 2.24. The molecule has 1 fully saturated rings. The van der Waals surface area contributed by atoms with Crippen molar-refractivity contribution in [3.05, 3.63) is 0 Å². The first kappa shape index (κ1) is 6.01. The van der Waals surface area contributed by atoms with Gasteiger partial charge in [-0.3, -0.25) is 4.79 Å². The van der Waals surface area contributed by atoms with E-state index in [1.807, 2.05) is 6.92 Å². The maximum Gasteiger partial charge on any atom is 0.217 e. The molecule has 2 nitrogen and oxygen atoms in total. The molecule has 0 bridgehead atoms. The molecule has 0 aromatic heterocycles. The molecule has 0 spiro atoms. The second kappa shape index (κ2) is 4.48. The zero-order chi connectivity index (χ0) is 11.5. The van der Waals surface area contributed by atoms with Gasteiger partial charge in [-0.25, -0.2) is 0 Å². The molecule has 1 N–H and O–H groups in total. The summed E-state index contributed by atoms with van der Waals surface area (Å²) in [5, 5.41) is 2.59. The fraction of sp³-hybridized carbons (Fsp3) is 0.900. The summed E-state index contributed by atoms with van der Waals surface area (Å²) in [4.78, 5) is 11.2. The Morgan fingerprint density at radius 2 is 2.17 bits per heavy atom. The van der Waals surface area contributed by atoms with Gasteiger partial charge in [0.15, 0.2) is 0 Å². The van der Waals surface area contributed by atoms with Gasteiger partial charge in [0.05, 0.1) is 0 Å². The third kappa shape index (κ3) is 2.84. The lowest BCUT2D eigenvalue weighted by Crippen LogP contribution is -2.37. The van der Waals surface area contributed by atoms with E-state index in [0.29, 0.717) is 5.92 Å². The molecule has 2 heteroatoms. The molecule has 1 atom stereocenters. The number of hydrogen-bond acceptors (Lipinski definition) is 1. The Balaban J connectivity index is 2.40. The molecule has 0 heterocycles. The summed E-state index contributed by atoms with van der Waals surface area (Å²) in [5.41, 5.74) is 0. The highest BCUT2D eigenvalue weighted by Crippen LogP contribution is 2.26. The SMILES string of the molecule is [2H]C([2H])([2H])C(=O)N[C@H](C)C1CCCCC1. The standard InChI is InChI=1S/C10H19NO/c1-8(11-9(2)12)10-6-4-3-5-7-10/h8,10H,3-7H2,1-2H3,(H,11,12)/t8-/m1/s1/i2D3. The monoisotopic (exact) mass is 172 g/mol. The van der Waals surface area contributed by atoms with Crippen LogP contribution in [-0.4, -0.2) is 11.9 Å². The summed E-state index contributed by atoms with van der Waals surface area (Å²) in [7, 11) is 0. The Morgan fingerprint density at radius 3 is 2.75 bits per heavy atom. The highest BCUT2D eigenvalue weighted by molar-refractivity contribution is 5.73. The summed E-state index contributed by atoms with van der Waals surface area (Å²) in [5.74, 6) is -0.370. The van der Waals surface area contributed by atoms with Crippen LogP contribution in [0, 0.1) is 5.92 Å². The van der Waals surface area contributed by atoms with Crippen molar-refractivity contribution in [1.29, 1.82) is 0 Å². The molecule has 0 aromatic carbocycles.